The van der Waals surface area contributed by atoms with Crippen LogP contribution < -0.4 is 5.32 Å². The third-order valence-electron chi connectivity index (χ3n) is 7.18. The molecule has 2 aliphatic rings. The van der Waals surface area contributed by atoms with Gasteiger partial charge >= 0.3 is 12.1 Å². The van der Waals surface area contributed by atoms with Crippen molar-refractivity contribution in [2.24, 2.45) is 5.41 Å². The number of carbonyl (C=O) groups is 2. The summed E-state index contributed by atoms with van der Waals surface area (Å²) in [4.78, 5) is 25.8. The quantitative estimate of drug-likeness (QED) is 0.420. The second kappa shape index (κ2) is 9.40. The zero-order valence-corrected chi connectivity index (χ0v) is 20.8. The van der Waals surface area contributed by atoms with E-state index in [0.29, 0.717) is 5.82 Å². The number of nitrogens with zero attached hydrogens (tertiary/aromatic N) is 2. The predicted molar refractivity (Wildman–Crippen MR) is 133 cm³/mol. The van der Waals surface area contributed by atoms with Crippen molar-refractivity contribution in [2.75, 3.05) is 5.32 Å². The van der Waals surface area contributed by atoms with Gasteiger partial charge in [0, 0.05) is 11.6 Å². The normalized spacial score (nSPS) is 19.2. The molecule has 38 heavy (non-hydrogen) atoms. The Morgan fingerprint density at radius 3 is 2.21 bits per heavy atom. The first-order chi connectivity index (χ1) is 17.7. The highest BCUT2D eigenvalue weighted by molar-refractivity contribution is 5.94. The fourth-order valence-corrected chi connectivity index (χ4v) is 4.73. The minimum absolute atomic E-state index is 0.147. The average Bonchev–Trinajstić information content (AvgIpc) is 3.75. The Kier molecular flexibility index (Phi) is 6.70. The molecule has 198 valence electrons. The molecule has 1 heterocycles. The van der Waals surface area contributed by atoms with Crippen LogP contribution >= 0.6 is 0 Å². The largest absolute Gasteiger partial charge is 0.490 e. The number of nitrogens with one attached hydrogen (secondary N) is 1. The molecule has 1 amide bonds. The lowest BCUT2D eigenvalue weighted by Crippen LogP contribution is -2.21. The fourth-order valence-electron chi connectivity index (χ4n) is 4.73. The summed E-state index contributed by atoms with van der Waals surface area (Å²) >= 11 is 0. The average molecular weight is 526 g/mol. The number of aliphatic hydroxyl groups is 1. The lowest BCUT2D eigenvalue weighted by molar-refractivity contribution is -0.192. The summed E-state index contributed by atoms with van der Waals surface area (Å²) in [5.41, 5.74) is 1.74. The number of alkyl halides is 3. The standard InChI is InChI=1S/C26H25N3O2.C2HF3O2/c1-24(2,31)20-6-3-17(4-7-20)11-23(30)29-22-13-19-12-21(8-5-18(19)14-28-22)26(16-27)15-25(26)9-10-25;3-2(4,5)1(6)7/h3-8,12-14,31H,9-11,15H2,1-2H3,(H,28,29,30);(H,6,7)/t26-;/m1./s1. The Morgan fingerprint density at radius 2 is 1.71 bits per heavy atom. The van der Waals surface area contributed by atoms with Crippen molar-refractivity contribution in [3.05, 3.63) is 71.4 Å². The number of nitriles is 1. The van der Waals surface area contributed by atoms with E-state index in [-0.39, 0.29) is 23.2 Å². The molecule has 7 nitrogen and oxygen atoms in total. The van der Waals surface area contributed by atoms with Gasteiger partial charge in [0.1, 0.15) is 5.82 Å². The molecule has 1 spiro atoms. The van der Waals surface area contributed by atoms with Gasteiger partial charge in [0.2, 0.25) is 5.91 Å². The topological polar surface area (TPSA) is 123 Å². The van der Waals surface area contributed by atoms with Gasteiger partial charge in [-0.15, -0.1) is 0 Å². The summed E-state index contributed by atoms with van der Waals surface area (Å²) in [6.07, 6.45) is 0.153. The molecular formula is C28H26F3N3O4. The lowest BCUT2D eigenvalue weighted by atomic mass is 9.92. The molecule has 2 aliphatic carbocycles. The molecule has 2 saturated carbocycles. The number of carbonyl (C=O) groups excluding carboxylic acids is 1. The second-order valence-electron chi connectivity index (χ2n) is 10.4. The van der Waals surface area contributed by atoms with Crippen molar-refractivity contribution in [3.8, 4) is 6.07 Å². The molecule has 3 N–H and O–H groups in total. The Bertz CT molecular complexity index is 1430. The molecule has 0 radical (unpaired) electrons. The monoisotopic (exact) mass is 525 g/mol. The number of carboxylic acid groups (broad SMARTS) is 1. The van der Waals surface area contributed by atoms with E-state index in [4.69, 9.17) is 9.90 Å². The van der Waals surface area contributed by atoms with Crippen LogP contribution in [0.3, 0.4) is 0 Å². The summed E-state index contributed by atoms with van der Waals surface area (Å²) in [6, 6.07) is 18.0. The van der Waals surface area contributed by atoms with E-state index >= 15 is 0 Å². The summed E-state index contributed by atoms with van der Waals surface area (Å²) in [5, 5.41) is 31.8. The van der Waals surface area contributed by atoms with Crippen LogP contribution in [0, 0.1) is 16.7 Å². The van der Waals surface area contributed by atoms with E-state index in [2.05, 4.69) is 28.5 Å². The summed E-state index contributed by atoms with van der Waals surface area (Å²) in [5.74, 6) is -2.40. The van der Waals surface area contributed by atoms with Crippen molar-refractivity contribution in [1.82, 2.24) is 4.98 Å². The number of rotatable bonds is 5. The minimum atomic E-state index is -5.08. The van der Waals surface area contributed by atoms with Gasteiger partial charge in [0.15, 0.2) is 0 Å². The van der Waals surface area contributed by atoms with Gasteiger partial charge < -0.3 is 15.5 Å². The maximum Gasteiger partial charge on any atom is 0.490 e. The molecule has 0 bridgehead atoms. The predicted octanol–water partition coefficient (Wildman–Crippen LogP) is 5.22. The number of anilines is 1. The number of pyridine rings is 1. The first kappa shape index (κ1) is 27.1. The van der Waals surface area contributed by atoms with Crippen LogP contribution in [0.5, 0.6) is 0 Å². The highest BCUT2D eigenvalue weighted by Crippen LogP contribution is 2.78. The fraction of sp³-hybridized carbons (Fsp3) is 0.357. The molecular weight excluding hydrogens is 499 g/mol. The third kappa shape index (κ3) is 5.48. The Hall–Kier alpha value is -3.97. The number of halogens is 3. The molecule has 1 atom stereocenters. The van der Waals surface area contributed by atoms with Crippen LogP contribution in [0.2, 0.25) is 0 Å². The van der Waals surface area contributed by atoms with E-state index in [1.807, 2.05) is 36.4 Å². The summed E-state index contributed by atoms with van der Waals surface area (Å²) < 4.78 is 31.7. The first-order valence-corrected chi connectivity index (χ1v) is 11.9. The minimum Gasteiger partial charge on any atom is -0.475 e. The van der Waals surface area contributed by atoms with Gasteiger partial charge in [-0.3, -0.25) is 4.79 Å². The Labute approximate surface area is 216 Å². The van der Waals surface area contributed by atoms with Crippen LogP contribution in [-0.4, -0.2) is 33.2 Å². The van der Waals surface area contributed by atoms with E-state index in [0.717, 1.165) is 46.7 Å². The molecule has 0 saturated heterocycles. The van der Waals surface area contributed by atoms with Gasteiger partial charge in [-0.2, -0.15) is 18.4 Å². The van der Waals surface area contributed by atoms with Crippen molar-refractivity contribution in [3.63, 3.8) is 0 Å². The SMILES string of the molecule is CC(C)(O)c1ccc(CC(=O)Nc2cc3cc([C@]4(C#N)CC45CC5)ccc3cn2)cc1.O=C(O)C(F)(F)F. The maximum absolute atomic E-state index is 12.5. The van der Waals surface area contributed by atoms with Crippen LogP contribution in [0.1, 0.15) is 49.8 Å². The number of aliphatic carboxylic acids is 1. The van der Waals surface area contributed by atoms with Crippen molar-refractivity contribution in [1.29, 1.82) is 5.26 Å². The molecule has 0 unspecified atom stereocenters. The highest BCUT2D eigenvalue weighted by atomic mass is 19.4. The van der Waals surface area contributed by atoms with E-state index in [1.165, 1.54) is 0 Å². The molecule has 3 aromatic rings. The van der Waals surface area contributed by atoms with E-state index < -0.39 is 17.7 Å². The van der Waals surface area contributed by atoms with Crippen molar-refractivity contribution >= 4 is 28.5 Å². The van der Waals surface area contributed by atoms with Gasteiger partial charge in [-0.25, -0.2) is 9.78 Å². The number of amides is 1. The summed E-state index contributed by atoms with van der Waals surface area (Å²) in [6.45, 7) is 3.47. The molecule has 0 aliphatic heterocycles. The van der Waals surface area contributed by atoms with E-state index in [1.54, 1.807) is 20.0 Å². The van der Waals surface area contributed by atoms with Crippen LogP contribution in [0.4, 0.5) is 19.0 Å². The van der Waals surface area contributed by atoms with E-state index in [9.17, 15) is 28.3 Å². The van der Waals surface area contributed by atoms with Crippen molar-refractivity contribution in [2.45, 2.75) is 56.7 Å². The van der Waals surface area contributed by atoms with Gasteiger partial charge in [-0.1, -0.05) is 36.4 Å². The van der Waals surface area contributed by atoms with Gasteiger partial charge in [0.25, 0.3) is 0 Å². The van der Waals surface area contributed by atoms with Crippen LogP contribution in [0.15, 0.2) is 54.7 Å². The van der Waals surface area contributed by atoms with Crippen molar-refractivity contribution < 1.29 is 33.0 Å². The number of hydrogen-bond donors (Lipinski definition) is 3. The first-order valence-electron chi connectivity index (χ1n) is 11.9. The van der Waals surface area contributed by atoms with Gasteiger partial charge in [0.05, 0.1) is 23.5 Å². The molecule has 2 fully saturated rings. The Balaban J connectivity index is 0.000000426. The maximum atomic E-state index is 12.5. The summed E-state index contributed by atoms with van der Waals surface area (Å²) in [7, 11) is 0. The molecule has 2 aromatic carbocycles. The zero-order chi connectivity index (χ0) is 27.9. The third-order valence-corrected chi connectivity index (χ3v) is 7.18. The molecule has 1 aromatic heterocycles. The van der Waals surface area contributed by atoms with Crippen LogP contribution in [-0.2, 0) is 27.0 Å². The molecule has 10 heteroatoms. The smallest absolute Gasteiger partial charge is 0.475 e. The number of fused-ring (bicyclic) bond motifs is 1. The Morgan fingerprint density at radius 1 is 1.08 bits per heavy atom. The number of carboxylic acids is 1. The number of aromatic nitrogens is 1. The zero-order valence-electron chi connectivity index (χ0n) is 20.8. The molecule has 5 rings (SSSR count). The number of benzene rings is 2. The van der Waals surface area contributed by atoms with Gasteiger partial charge in [-0.05, 0) is 72.7 Å². The van der Waals surface area contributed by atoms with Crippen LogP contribution in [0.25, 0.3) is 10.8 Å². The lowest BCUT2D eigenvalue weighted by Gasteiger charge is -2.17. The highest BCUT2D eigenvalue weighted by Gasteiger charge is 2.75. The number of hydrogen-bond acceptors (Lipinski definition) is 5. The second-order valence-corrected chi connectivity index (χ2v) is 10.4.